The Labute approximate surface area is 139 Å². The lowest BCUT2D eigenvalue weighted by Crippen LogP contribution is -2.55. The Balaban J connectivity index is 2.25. The predicted octanol–water partition coefficient (Wildman–Crippen LogP) is 3.18. The van der Waals surface area contributed by atoms with Crippen molar-refractivity contribution in [1.29, 1.82) is 0 Å². The molecule has 23 heavy (non-hydrogen) atoms. The molecule has 0 saturated carbocycles. The molecule has 2 rings (SSSR count). The molecular weight excluding hydrogens is 294 g/mol. The number of esters is 2. The van der Waals surface area contributed by atoms with Gasteiger partial charge in [0.05, 0.1) is 17.8 Å². The summed E-state index contributed by atoms with van der Waals surface area (Å²) in [7, 11) is 0. The van der Waals surface area contributed by atoms with Gasteiger partial charge in [0, 0.05) is 12.7 Å². The van der Waals surface area contributed by atoms with Crippen molar-refractivity contribution >= 4 is 11.9 Å². The van der Waals surface area contributed by atoms with Crippen molar-refractivity contribution in [3.63, 3.8) is 0 Å². The summed E-state index contributed by atoms with van der Waals surface area (Å²) in [6.07, 6.45) is 6.72. The molecule has 0 bridgehead atoms. The van der Waals surface area contributed by atoms with Crippen molar-refractivity contribution in [2.75, 3.05) is 6.54 Å². The van der Waals surface area contributed by atoms with Gasteiger partial charge in [0.2, 0.25) is 0 Å². The van der Waals surface area contributed by atoms with Gasteiger partial charge >= 0.3 is 11.9 Å². The molecule has 5 nitrogen and oxygen atoms in total. The van der Waals surface area contributed by atoms with Crippen LogP contribution in [0.15, 0.2) is 11.8 Å². The molecule has 0 radical (unpaired) electrons. The molecule has 1 fully saturated rings. The zero-order chi connectivity index (χ0) is 17.0. The van der Waals surface area contributed by atoms with Gasteiger partial charge in [-0.15, -0.1) is 0 Å². The van der Waals surface area contributed by atoms with Gasteiger partial charge in [0.25, 0.3) is 0 Å². The number of hydrogen-bond acceptors (Lipinski definition) is 5. The molecule has 2 aliphatic heterocycles. The maximum atomic E-state index is 12.8. The summed E-state index contributed by atoms with van der Waals surface area (Å²) in [5, 5.41) is 0. The molecule has 5 heteroatoms. The third-order valence-electron chi connectivity index (χ3n) is 4.49. The van der Waals surface area contributed by atoms with Gasteiger partial charge in [-0.2, -0.15) is 0 Å². The van der Waals surface area contributed by atoms with Gasteiger partial charge in [-0.1, -0.05) is 12.8 Å². The molecule has 0 aromatic carbocycles. The molecule has 0 aliphatic carbocycles. The first-order valence-electron chi connectivity index (χ1n) is 8.74. The highest BCUT2D eigenvalue weighted by atomic mass is 16.5. The maximum absolute atomic E-state index is 12.8. The molecule has 2 aliphatic rings. The second-order valence-electron chi connectivity index (χ2n) is 7.10. The average molecular weight is 323 g/mol. The van der Waals surface area contributed by atoms with E-state index in [0.29, 0.717) is 18.4 Å². The quantitative estimate of drug-likeness (QED) is 0.744. The van der Waals surface area contributed by atoms with Gasteiger partial charge in [-0.05, 0) is 53.4 Å². The van der Waals surface area contributed by atoms with E-state index in [1.807, 2.05) is 38.8 Å². The summed E-state index contributed by atoms with van der Waals surface area (Å²) in [6, 6.07) is 0. The van der Waals surface area contributed by atoms with E-state index in [1.165, 1.54) is 0 Å². The van der Waals surface area contributed by atoms with Crippen molar-refractivity contribution in [3.8, 4) is 0 Å². The Morgan fingerprint density at radius 3 is 2.39 bits per heavy atom. The molecule has 2 heterocycles. The smallest absolute Gasteiger partial charge is 0.335 e. The van der Waals surface area contributed by atoms with Gasteiger partial charge in [0.15, 0.2) is 0 Å². The molecule has 0 amide bonds. The largest absolute Gasteiger partial charge is 0.461 e. The summed E-state index contributed by atoms with van der Waals surface area (Å²) in [5.74, 6) is -0.419. The topological polar surface area (TPSA) is 55.8 Å². The summed E-state index contributed by atoms with van der Waals surface area (Å²) in [5.41, 5.74) is 0.0520. The lowest BCUT2D eigenvalue weighted by molar-refractivity contribution is -0.163. The van der Waals surface area contributed by atoms with E-state index in [4.69, 9.17) is 9.47 Å². The molecule has 0 aromatic rings. The van der Waals surface area contributed by atoms with Crippen LogP contribution >= 0.6 is 0 Å². The summed E-state index contributed by atoms with van der Waals surface area (Å²) < 4.78 is 10.8. The molecule has 0 spiro atoms. The Morgan fingerprint density at radius 2 is 1.74 bits per heavy atom. The number of hydrogen-bond donors (Lipinski definition) is 0. The molecule has 0 aromatic heterocycles. The minimum absolute atomic E-state index is 0.127. The Hall–Kier alpha value is -1.52. The third kappa shape index (κ3) is 4.06. The van der Waals surface area contributed by atoms with Crippen molar-refractivity contribution < 1.29 is 19.1 Å². The number of carbonyl (C=O) groups excluding carboxylic acids is 2. The molecule has 0 N–H and O–H groups in total. The van der Waals surface area contributed by atoms with Crippen LogP contribution in [0.5, 0.6) is 0 Å². The molecule has 1 saturated heterocycles. The third-order valence-corrected chi connectivity index (χ3v) is 4.49. The standard InChI is InChI=1S/C18H29NO4/c1-13(2)22-16(20)15-8-10-18(17(21)23-14(3)4)9-6-5-7-11-19(18)12-15/h12-14H,5-11H2,1-4H3/t18-/m1/s1. The van der Waals surface area contributed by atoms with E-state index in [9.17, 15) is 9.59 Å². The first-order chi connectivity index (χ1) is 10.8. The van der Waals surface area contributed by atoms with Crippen LogP contribution in [0.2, 0.25) is 0 Å². The van der Waals surface area contributed by atoms with Crippen LogP contribution in [-0.4, -0.2) is 41.1 Å². The lowest BCUT2D eigenvalue weighted by atomic mass is 9.83. The normalized spacial score (nSPS) is 24.8. The lowest BCUT2D eigenvalue weighted by Gasteiger charge is -2.43. The summed E-state index contributed by atoms with van der Waals surface area (Å²) in [4.78, 5) is 27.0. The van der Waals surface area contributed by atoms with Crippen molar-refractivity contribution in [2.24, 2.45) is 0 Å². The van der Waals surface area contributed by atoms with Crippen LogP contribution in [0.1, 0.15) is 66.2 Å². The number of carbonyl (C=O) groups is 2. The van der Waals surface area contributed by atoms with Crippen LogP contribution in [0.3, 0.4) is 0 Å². The van der Waals surface area contributed by atoms with Gasteiger partial charge in [-0.3, -0.25) is 0 Å². The van der Waals surface area contributed by atoms with E-state index in [-0.39, 0.29) is 24.1 Å². The van der Waals surface area contributed by atoms with Crippen molar-refractivity contribution in [3.05, 3.63) is 11.8 Å². The van der Waals surface area contributed by atoms with Gasteiger partial charge < -0.3 is 14.4 Å². The number of ether oxygens (including phenoxy) is 2. The maximum Gasteiger partial charge on any atom is 0.335 e. The first-order valence-corrected chi connectivity index (χ1v) is 8.74. The minimum atomic E-state index is -0.609. The molecular formula is C18H29NO4. The van der Waals surface area contributed by atoms with Gasteiger partial charge in [0.1, 0.15) is 5.54 Å². The number of fused-ring (bicyclic) bond motifs is 1. The molecule has 130 valence electrons. The zero-order valence-corrected chi connectivity index (χ0v) is 14.8. The Kier molecular flexibility index (Phi) is 5.71. The van der Waals surface area contributed by atoms with Crippen LogP contribution < -0.4 is 0 Å². The fourth-order valence-electron chi connectivity index (χ4n) is 3.37. The second kappa shape index (κ2) is 7.37. The van der Waals surface area contributed by atoms with E-state index in [0.717, 1.165) is 32.2 Å². The second-order valence-corrected chi connectivity index (χ2v) is 7.10. The van der Waals surface area contributed by atoms with E-state index < -0.39 is 5.54 Å². The predicted molar refractivity (Wildman–Crippen MR) is 87.7 cm³/mol. The monoisotopic (exact) mass is 323 g/mol. The Morgan fingerprint density at radius 1 is 1.04 bits per heavy atom. The first kappa shape index (κ1) is 17.8. The fourth-order valence-corrected chi connectivity index (χ4v) is 3.37. The average Bonchev–Trinajstić information content (AvgIpc) is 2.68. The summed E-state index contributed by atoms with van der Waals surface area (Å²) in [6.45, 7) is 8.22. The highest BCUT2D eigenvalue weighted by molar-refractivity contribution is 5.90. The zero-order valence-electron chi connectivity index (χ0n) is 14.8. The number of nitrogens with zero attached hydrogens (tertiary/aromatic N) is 1. The van der Waals surface area contributed by atoms with Crippen LogP contribution in [0.25, 0.3) is 0 Å². The Bertz CT molecular complexity index is 483. The highest BCUT2D eigenvalue weighted by Crippen LogP contribution is 2.38. The van der Waals surface area contributed by atoms with Crippen LogP contribution in [-0.2, 0) is 19.1 Å². The fraction of sp³-hybridized carbons (Fsp3) is 0.778. The van der Waals surface area contributed by atoms with Crippen molar-refractivity contribution in [2.45, 2.75) is 84.0 Å². The minimum Gasteiger partial charge on any atom is -0.461 e. The molecule has 0 unspecified atom stereocenters. The number of rotatable bonds is 4. The van der Waals surface area contributed by atoms with Crippen LogP contribution in [0.4, 0.5) is 0 Å². The molecule has 1 atom stereocenters. The summed E-state index contributed by atoms with van der Waals surface area (Å²) >= 11 is 0. The van der Waals surface area contributed by atoms with E-state index >= 15 is 0 Å². The van der Waals surface area contributed by atoms with Gasteiger partial charge in [-0.25, -0.2) is 9.59 Å². The van der Waals surface area contributed by atoms with E-state index in [1.54, 1.807) is 0 Å². The van der Waals surface area contributed by atoms with Crippen LogP contribution in [0, 0.1) is 0 Å². The highest BCUT2D eigenvalue weighted by Gasteiger charge is 2.47. The van der Waals surface area contributed by atoms with E-state index in [2.05, 4.69) is 0 Å². The SMILES string of the molecule is CC(C)OC(=O)C1=CN2CCCCC[C@]2(C(=O)OC(C)C)CC1. The van der Waals surface area contributed by atoms with Crippen molar-refractivity contribution in [1.82, 2.24) is 4.90 Å².